The number of carboxylic acids is 1. The highest BCUT2D eigenvalue weighted by Crippen LogP contribution is 2.46. The van der Waals surface area contributed by atoms with Gasteiger partial charge in [0.05, 0.1) is 45.8 Å². The summed E-state index contributed by atoms with van der Waals surface area (Å²) in [5.74, 6) is -4.25. The van der Waals surface area contributed by atoms with Gasteiger partial charge in [0.1, 0.15) is 17.6 Å². The van der Waals surface area contributed by atoms with Gasteiger partial charge in [0.25, 0.3) is 0 Å². The van der Waals surface area contributed by atoms with Crippen LogP contribution in [0, 0.1) is 17.6 Å². The zero-order valence-corrected chi connectivity index (χ0v) is 26.3. The minimum atomic E-state index is -5.19. The second-order valence-corrected chi connectivity index (χ2v) is 12.3. The summed E-state index contributed by atoms with van der Waals surface area (Å²) < 4.78 is 59.3. The quantitative estimate of drug-likeness (QED) is 0.168. The fourth-order valence-corrected chi connectivity index (χ4v) is 5.18. The molecular weight excluding hydrogens is 625 g/mol. The minimum Gasteiger partial charge on any atom is -0.542 e. The third-order valence-corrected chi connectivity index (χ3v) is 7.57. The Hall–Kier alpha value is -4.36. The number of quaternary nitrogens is 1. The highest BCUT2D eigenvalue weighted by Gasteiger charge is 2.48. The lowest BCUT2D eigenvalue weighted by Gasteiger charge is -2.48. The zero-order valence-electron chi connectivity index (χ0n) is 26.3. The first-order valence-electron chi connectivity index (χ1n) is 14.9. The maximum absolute atomic E-state index is 13.6. The molecule has 254 valence electrons. The van der Waals surface area contributed by atoms with E-state index < -0.39 is 18.2 Å². The number of carbonyl (C=O) groups excluding carboxylic acids is 3. The van der Waals surface area contributed by atoms with Crippen LogP contribution in [0.4, 0.5) is 27.6 Å². The standard InChI is InChI=1S/C32H37F2N3O3.C2HF3O2/c1-37(2,3)19-5-8-30(39)35-21-22-6-4-7-24(20-22)31-28(17-18-29(38)23-9-11-25(33)12-10-23)32(40)36(31)27-15-13-26(34)14-16-27;3-2(4,5)1(6)7/h4,6-7,9-16,20,28-29,31,38H,5,8,17-19,21H2,1-3H3;(H,6,7). The number of rotatable bonds is 12. The average Bonchev–Trinajstić information content (AvgIpc) is 2.99. The molecule has 1 aliphatic heterocycles. The van der Waals surface area contributed by atoms with E-state index in [9.17, 15) is 36.6 Å². The molecular formula is C34H38F5N3O5. The Morgan fingerprint density at radius 1 is 0.979 bits per heavy atom. The molecule has 3 aromatic carbocycles. The van der Waals surface area contributed by atoms with E-state index in [1.807, 2.05) is 24.3 Å². The number of anilines is 1. The molecule has 47 heavy (non-hydrogen) atoms. The highest BCUT2D eigenvalue weighted by atomic mass is 19.4. The van der Waals surface area contributed by atoms with Crippen molar-refractivity contribution < 1.29 is 51.0 Å². The molecule has 2 N–H and O–H groups in total. The predicted octanol–water partition coefficient (Wildman–Crippen LogP) is 4.58. The molecule has 1 heterocycles. The van der Waals surface area contributed by atoms with Crippen molar-refractivity contribution in [1.82, 2.24) is 5.32 Å². The van der Waals surface area contributed by atoms with E-state index in [2.05, 4.69) is 26.5 Å². The molecule has 8 nitrogen and oxygen atoms in total. The summed E-state index contributed by atoms with van der Waals surface area (Å²) in [6.07, 6.45) is -4.00. The lowest BCUT2D eigenvalue weighted by molar-refractivity contribution is -0.870. The van der Waals surface area contributed by atoms with Crippen LogP contribution in [0.25, 0.3) is 0 Å². The Morgan fingerprint density at radius 3 is 2.11 bits per heavy atom. The molecule has 0 aliphatic carbocycles. The second kappa shape index (κ2) is 16.0. The van der Waals surface area contributed by atoms with Gasteiger partial charge in [0, 0.05) is 25.1 Å². The molecule has 1 saturated heterocycles. The Morgan fingerprint density at radius 2 is 1.55 bits per heavy atom. The van der Waals surface area contributed by atoms with Crippen molar-refractivity contribution in [2.24, 2.45) is 5.92 Å². The van der Waals surface area contributed by atoms with Crippen molar-refractivity contribution in [3.63, 3.8) is 0 Å². The van der Waals surface area contributed by atoms with Gasteiger partial charge in [-0.3, -0.25) is 9.59 Å². The third kappa shape index (κ3) is 11.1. The van der Waals surface area contributed by atoms with Gasteiger partial charge in [-0.25, -0.2) is 8.78 Å². The first kappa shape index (κ1) is 37.1. The Balaban J connectivity index is 0.000000771. The molecule has 0 saturated carbocycles. The minimum absolute atomic E-state index is 0.00160. The van der Waals surface area contributed by atoms with Crippen molar-refractivity contribution >= 4 is 23.5 Å². The molecule has 1 fully saturated rings. The first-order valence-corrected chi connectivity index (χ1v) is 14.9. The van der Waals surface area contributed by atoms with Crippen LogP contribution < -0.4 is 15.3 Å². The van der Waals surface area contributed by atoms with Crippen molar-refractivity contribution in [1.29, 1.82) is 0 Å². The number of benzene rings is 3. The topological polar surface area (TPSA) is 110 Å². The zero-order chi connectivity index (χ0) is 34.9. The van der Waals surface area contributed by atoms with E-state index in [-0.39, 0.29) is 35.4 Å². The van der Waals surface area contributed by atoms with Crippen LogP contribution in [0.1, 0.15) is 54.5 Å². The molecule has 4 rings (SSSR count). The van der Waals surface area contributed by atoms with Gasteiger partial charge in [0.2, 0.25) is 11.8 Å². The number of aliphatic carboxylic acids is 1. The molecule has 3 unspecified atom stereocenters. The highest BCUT2D eigenvalue weighted by molar-refractivity contribution is 6.03. The van der Waals surface area contributed by atoms with Gasteiger partial charge < -0.3 is 29.7 Å². The normalized spacial score (nSPS) is 16.9. The van der Waals surface area contributed by atoms with Gasteiger partial charge in [-0.1, -0.05) is 36.4 Å². The lowest BCUT2D eigenvalue weighted by Crippen LogP contribution is -2.55. The number of carboxylic acid groups (broad SMARTS) is 1. The summed E-state index contributed by atoms with van der Waals surface area (Å²) in [7, 11) is 6.29. The number of amides is 2. The van der Waals surface area contributed by atoms with Crippen LogP contribution in [0.15, 0.2) is 72.8 Å². The van der Waals surface area contributed by atoms with Crippen LogP contribution in [-0.4, -0.2) is 61.2 Å². The van der Waals surface area contributed by atoms with Crippen molar-refractivity contribution in [2.75, 3.05) is 32.6 Å². The first-order chi connectivity index (χ1) is 22.0. The Labute approximate surface area is 270 Å². The number of nitrogens with zero attached hydrogens (tertiary/aromatic N) is 2. The fourth-order valence-electron chi connectivity index (χ4n) is 5.18. The summed E-state index contributed by atoms with van der Waals surface area (Å²) in [6, 6.07) is 19.0. The average molecular weight is 664 g/mol. The van der Waals surface area contributed by atoms with Crippen LogP contribution in [0.2, 0.25) is 0 Å². The van der Waals surface area contributed by atoms with Crippen LogP contribution in [0.3, 0.4) is 0 Å². The number of nitrogens with one attached hydrogen (secondary N) is 1. The maximum Gasteiger partial charge on any atom is 0.430 e. The van der Waals surface area contributed by atoms with Gasteiger partial charge in [0.15, 0.2) is 0 Å². The summed E-state index contributed by atoms with van der Waals surface area (Å²) in [5, 5.41) is 22.5. The van der Waals surface area contributed by atoms with Gasteiger partial charge in [-0.15, -0.1) is 0 Å². The number of halogens is 5. The van der Waals surface area contributed by atoms with E-state index >= 15 is 0 Å². The molecule has 1 aliphatic rings. The molecule has 3 atom stereocenters. The summed E-state index contributed by atoms with van der Waals surface area (Å²) in [4.78, 5) is 36.2. The number of aliphatic hydroxyl groups excluding tert-OH is 1. The number of β-lactam (4-membered cyclic amide) rings is 1. The van der Waals surface area contributed by atoms with E-state index in [0.29, 0.717) is 37.1 Å². The van der Waals surface area contributed by atoms with Crippen LogP contribution >= 0.6 is 0 Å². The monoisotopic (exact) mass is 663 g/mol. The maximum atomic E-state index is 13.6. The van der Waals surface area contributed by atoms with Crippen LogP contribution in [0.5, 0.6) is 0 Å². The van der Waals surface area contributed by atoms with E-state index in [0.717, 1.165) is 28.6 Å². The number of carbonyl (C=O) groups is 3. The largest absolute Gasteiger partial charge is 0.542 e. The number of hydrogen-bond acceptors (Lipinski definition) is 5. The fraction of sp³-hybridized carbons (Fsp3) is 0.382. The molecule has 0 radical (unpaired) electrons. The van der Waals surface area contributed by atoms with Crippen LogP contribution in [-0.2, 0) is 20.9 Å². The number of aliphatic hydroxyl groups is 1. The van der Waals surface area contributed by atoms with E-state index in [1.54, 1.807) is 29.2 Å². The number of hydrogen-bond donors (Lipinski definition) is 2. The Bertz CT molecular complexity index is 1510. The smallest absolute Gasteiger partial charge is 0.430 e. The molecule has 2 amide bonds. The van der Waals surface area contributed by atoms with Gasteiger partial charge in [-0.2, -0.15) is 13.2 Å². The van der Waals surface area contributed by atoms with E-state index in [4.69, 9.17) is 9.90 Å². The molecule has 0 aromatic heterocycles. The lowest BCUT2D eigenvalue weighted by atomic mass is 9.78. The van der Waals surface area contributed by atoms with Gasteiger partial charge >= 0.3 is 6.18 Å². The Kier molecular flexibility index (Phi) is 12.6. The third-order valence-electron chi connectivity index (χ3n) is 7.57. The molecule has 13 heteroatoms. The van der Waals surface area contributed by atoms with Crippen molar-refractivity contribution in [2.45, 2.75) is 50.6 Å². The SMILES string of the molecule is C[N+](C)(C)CCCC(=O)NCc1cccc(C2C(CCC(O)c3ccc(F)cc3)C(=O)N2c2ccc(F)cc2)c1.O=C([O-])C(F)(F)F. The summed E-state index contributed by atoms with van der Waals surface area (Å²) in [5.41, 5.74) is 3.02. The summed E-state index contributed by atoms with van der Waals surface area (Å²) in [6.45, 7) is 1.29. The second-order valence-electron chi connectivity index (χ2n) is 12.3. The van der Waals surface area contributed by atoms with Crippen molar-refractivity contribution in [3.8, 4) is 0 Å². The van der Waals surface area contributed by atoms with Gasteiger partial charge in [-0.05, 0) is 65.9 Å². The summed E-state index contributed by atoms with van der Waals surface area (Å²) >= 11 is 0. The molecule has 0 spiro atoms. The van der Waals surface area contributed by atoms with Crippen molar-refractivity contribution in [3.05, 3.63) is 101 Å². The van der Waals surface area contributed by atoms with E-state index in [1.165, 1.54) is 24.3 Å². The molecule has 0 bridgehead atoms. The molecule has 3 aromatic rings. The number of alkyl halides is 3. The predicted molar refractivity (Wildman–Crippen MR) is 162 cm³/mol.